The number of ether oxygens (including phenoxy) is 1. The molecular weight excluding hydrogens is 245 g/mol. The summed E-state index contributed by atoms with van der Waals surface area (Å²) in [6.45, 7) is 3.11. The second kappa shape index (κ2) is 5.52. The van der Waals surface area contributed by atoms with Crippen molar-refractivity contribution < 1.29 is 17.9 Å². The van der Waals surface area contributed by atoms with Crippen LogP contribution < -0.4 is 0 Å². The van der Waals surface area contributed by atoms with Gasteiger partial charge in [0.15, 0.2) is 17.5 Å². The molecule has 3 nitrogen and oxygen atoms in total. The molecule has 0 fully saturated rings. The van der Waals surface area contributed by atoms with Crippen molar-refractivity contribution in [2.75, 3.05) is 6.61 Å². The highest BCUT2D eigenvalue weighted by Gasteiger charge is 2.28. The first kappa shape index (κ1) is 14.0. The van der Waals surface area contributed by atoms with Gasteiger partial charge in [-0.3, -0.25) is 0 Å². The van der Waals surface area contributed by atoms with Gasteiger partial charge in [-0.2, -0.15) is 10.5 Å². The van der Waals surface area contributed by atoms with Crippen molar-refractivity contribution >= 4 is 0 Å². The van der Waals surface area contributed by atoms with Crippen molar-refractivity contribution in [3.8, 4) is 12.1 Å². The van der Waals surface area contributed by atoms with Gasteiger partial charge >= 0.3 is 0 Å². The molecule has 1 aromatic rings. The van der Waals surface area contributed by atoms with E-state index in [1.807, 2.05) is 0 Å². The molecule has 0 radical (unpaired) electrons. The van der Waals surface area contributed by atoms with Gasteiger partial charge in [0.05, 0.1) is 11.7 Å². The van der Waals surface area contributed by atoms with Gasteiger partial charge in [0.1, 0.15) is 23.3 Å². The molecule has 0 aromatic heterocycles. The van der Waals surface area contributed by atoms with E-state index in [4.69, 9.17) is 15.3 Å². The maximum absolute atomic E-state index is 13.9. The first-order chi connectivity index (χ1) is 8.49. The fraction of sp³-hybridized carbons (Fsp3) is 0.333. The third-order valence-corrected chi connectivity index (χ3v) is 2.40. The molecule has 6 heteroatoms. The topological polar surface area (TPSA) is 56.8 Å². The SMILES string of the molecule is CCOC(C)c1c(F)c(F)c(C#N)c(C#N)c1F. The molecule has 0 saturated heterocycles. The Balaban J connectivity index is 3.62. The Hall–Kier alpha value is -2.05. The van der Waals surface area contributed by atoms with Crippen LogP contribution in [0.2, 0.25) is 0 Å². The molecule has 0 bridgehead atoms. The van der Waals surface area contributed by atoms with E-state index in [0.29, 0.717) is 0 Å². The number of nitrogens with zero attached hydrogens (tertiary/aromatic N) is 2. The molecule has 0 aliphatic heterocycles. The lowest BCUT2D eigenvalue weighted by atomic mass is 10.00. The van der Waals surface area contributed by atoms with Gasteiger partial charge in [0, 0.05) is 6.61 Å². The van der Waals surface area contributed by atoms with Gasteiger partial charge in [0.25, 0.3) is 0 Å². The first-order valence-electron chi connectivity index (χ1n) is 5.11. The lowest BCUT2D eigenvalue weighted by molar-refractivity contribution is 0.0703. The lowest BCUT2D eigenvalue weighted by Gasteiger charge is -2.15. The highest BCUT2D eigenvalue weighted by atomic mass is 19.2. The minimum Gasteiger partial charge on any atom is -0.374 e. The van der Waals surface area contributed by atoms with E-state index >= 15 is 0 Å². The van der Waals surface area contributed by atoms with E-state index in [0.717, 1.165) is 0 Å². The van der Waals surface area contributed by atoms with Crippen LogP contribution in [0.4, 0.5) is 13.2 Å². The van der Waals surface area contributed by atoms with E-state index in [9.17, 15) is 13.2 Å². The smallest absolute Gasteiger partial charge is 0.178 e. The zero-order valence-corrected chi connectivity index (χ0v) is 9.72. The van der Waals surface area contributed by atoms with Crippen LogP contribution in [0.25, 0.3) is 0 Å². The molecule has 0 N–H and O–H groups in total. The Morgan fingerprint density at radius 2 is 1.56 bits per heavy atom. The maximum Gasteiger partial charge on any atom is 0.178 e. The van der Waals surface area contributed by atoms with Gasteiger partial charge in [-0.25, -0.2) is 13.2 Å². The fourth-order valence-corrected chi connectivity index (χ4v) is 1.58. The summed E-state index contributed by atoms with van der Waals surface area (Å²) in [7, 11) is 0. The molecule has 18 heavy (non-hydrogen) atoms. The van der Waals surface area contributed by atoms with Crippen molar-refractivity contribution in [3.63, 3.8) is 0 Å². The van der Waals surface area contributed by atoms with Crippen LogP contribution in [0.5, 0.6) is 0 Å². The largest absolute Gasteiger partial charge is 0.374 e. The first-order valence-corrected chi connectivity index (χ1v) is 5.11. The molecular formula is C12H9F3N2O. The Kier molecular flexibility index (Phi) is 4.30. The summed E-state index contributed by atoms with van der Waals surface area (Å²) in [4.78, 5) is 0. The van der Waals surface area contributed by atoms with E-state index in [2.05, 4.69) is 0 Å². The molecule has 94 valence electrons. The van der Waals surface area contributed by atoms with E-state index in [-0.39, 0.29) is 6.61 Å². The average molecular weight is 254 g/mol. The van der Waals surface area contributed by atoms with E-state index in [1.165, 1.54) is 19.1 Å². The van der Waals surface area contributed by atoms with Crippen molar-refractivity contribution in [1.29, 1.82) is 10.5 Å². The Labute approximate surface area is 102 Å². The van der Waals surface area contributed by atoms with Crippen LogP contribution in [0.15, 0.2) is 0 Å². The van der Waals surface area contributed by atoms with Crippen molar-refractivity contribution in [2.24, 2.45) is 0 Å². The van der Waals surface area contributed by atoms with Crippen molar-refractivity contribution in [2.45, 2.75) is 20.0 Å². The van der Waals surface area contributed by atoms with Gasteiger partial charge in [-0.15, -0.1) is 0 Å². The summed E-state index contributed by atoms with van der Waals surface area (Å²) in [6, 6.07) is 2.64. The van der Waals surface area contributed by atoms with E-state index < -0.39 is 40.2 Å². The Morgan fingerprint density at radius 1 is 1.06 bits per heavy atom. The summed E-state index contributed by atoms with van der Waals surface area (Å²) in [5, 5.41) is 17.3. The van der Waals surface area contributed by atoms with Gasteiger partial charge in [0.2, 0.25) is 0 Å². The second-order valence-electron chi connectivity index (χ2n) is 3.43. The Bertz CT molecular complexity index is 558. The average Bonchev–Trinajstić information content (AvgIpc) is 2.34. The highest BCUT2D eigenvalue weighted by molar-refractivity contribution is 5.50. The fourth-order valence-electron chi connectivity index (χ4n) is 1.58. The highest BCUT2D eigenvalue weighted by Crippen LogP contribution is 2.30. The number of benzene rings is 1. The molecule has 1 aromatic carbocycles. The standard InChI is InChI=1S/C12H9F3N2O/c1-3-18-6(2)9-10(13)7(4-16)8(5-17)11(14)12(9)15/h6H,3H2,1-2H3. The summed E-state index contributed by atoms with van der Waals surface area (Å²) < 4.78 is 46.0. The molecule has 0 saturated carbocycles. The quantitative estimate of drug-likeness (QED) is 0.779. The maximum atomic E-state index is 13.9. The van der Waals surface area contributed by atoms with Gasteiger partial charge < -0.3 is 4.74 Å². The summed E-state index contributed by atoms with van der Waals surface area (Å²) in [5.74, 6) is -4.28. The minimum atomic E-state index is -1.53. The number of nitriles is 2. The summed E-state index contributed by atoms with van der Waals surface area (Å²) in [6.07, 6.45) is -1.05. The van der Waals surface area contributed by atoms with Crippen LogP contribution in [-0.2, 0) is 4.74 Å². The van der Waals surface area contributed by atoms with Gasteiger partial charge in [-0.05, 0) is 13.8 Å². The monoisotopic (exact) mass is 254 g/mol. The van der Waals surface area contributed by atoms with Crippen LogP contribution in [0.1, 0.15) is 36.6 Å². The molecule has 1 unspecified atom stereocenters. The van der Waals surface area contributed by atoms with Crippen LogP contribution >= 0.6 is 0 Å². The zero-order valence-electron chi connectivity index (χ0n) is 9.72. The normalized spacial score (nSPS) is 11.7. The van der Waals surface area contributed by atoms with Crippen LogP contribution in [0, 0.1) is 40.1 Å². The van der Waals surface area contributed by atoms with Crippen LogP contribution in [-0.4, -0.2) is 6.61 Å². The third-order valence-electron chi connectivity index (χ3n) is 2.40. The van der Waals surface area contributed by atoms with Crippen LogP contribution in [0.3, 0.4) is 0 Å². The van der Waals surface area contributed by atoms with E-state index in [1.54, 1.807) is 6.92 Å². The van der Waals surface area contributed by atoms with Gasteiger partial charge in [-0.1, -0.05) is 0 Å². The van der Waals surface area contributed by atoms with Crippen molar-refractivity contribution in [3.05, 3.63) is 34.1 Å². The minimum absolute atomic E-state index is 0.170. The number of rotatable bonds is 3. The molecule has 1 atom stereocenters. The molecule has 0 spiro atoms. The predicted molar refractivity (Wildman–Crippen MR) is 55.8 cm³/mol. The number of hydrogen-bond acceptors (Lipinski definition) is 3. The molecule has 0 aliphatic rings. The molecule has 1 rings (SSSR count). The predicted octanol–water partition coefficient (Wildman–Crippen LogP) is 2.94. The second-order valence-corrected chi connectivity index (χ2v) is 3.43. The number of hydrogen-bond donors (Lipinski definition) is 0. The molecule has 0 heterocycles. The Morgan fingerprint density at radius 3 is 2.00 bits per heavy atom. The lowest BCUT2D eigenvalue weighted by Crippen LogP contribution is -2.11. The number of halogens is 3. The van der Waals surface area contributed by atoms with Crippen molar-refractivity contribution in [1.82, 2.24) is 0 Å². The summed E-state index contributed by atoms with van der Waals surface area (Å²) in [5.41, 5.74) is -2.41. The third kappa shape index (κ3) is 2.15. The zero-order chi connectivity index (χ0) is 13.9. The summed E-state index contributed by atoms with van der Waals surface area (Å²) >= 11 is 0. The molecule has 0 amide bonds. The molecule has 0 aliphatic carbocycles.